The lowest BCUT2D eigenvalue weighted by molar-refractivity contribution is 0.123. The number of nitrogens with zero attached hydrogens (tertiary/aromatic N) is 3. The Morgan fingerprint density at radius 1 is 1.36 bits per heavy atom. The first kappa shape index (κ1) is 16.8. The SMILES string of the molecule is CN=C(NCCCOCC1CC1)NCCCn1cc(C)cn1. The topological polar surface area (TPSA) is 63.5 Å². The lowest BCUT2D eigenvalue weighted by Gasteiger charge is -2.12. The number of aromatic nitrogens is 2. The molecule has 1 fully saturated rings. The minimum absolute atomic E-state index is 0.832. The number of ether oxygens (including phenoxy) is 1. The van der Waals surface area contributed by atoms with Gasteiger partial charge in [-0.05, 0) is 44.1 Å². The summed E-state index contributed by atoms with van der Waals surface area (Å²) < 4.78 is 7.59. The van der Waals surface area contributed by atoms with Crippen molar-refractivity contribution in [2.75, 3.05) is 33.4 Å². The fourth-order valence-corrected chi connectivity index (χ4v) is 2.17. The molecule has 1 saturated carbocycles. The van der Waals surface area contributed by atoms with Crippen LogP contribution in [0.2, 0.25) is 0 Å². The molecule has 2 rings (SSSR count). The summed E-state index contributed by atoms with van der Waals surface area (Å²) in [5.41, 5.74) is 1.20. The number of hydrogen-bond donors (Lipinski definition) is 2. The highest BCUT2D eigenvalue weighted by Crippen LogP contribution is 2.28. The van der Waals surface area contributed by atoms with E-state index in [1.54, 1.807) is 7.05 Å². The molecule has 0 bridgehead atoms. The smallest absolute Gasteiger partial charge is 0.190 e. The zero-order valence-corrected chi connectivity index (χ0v) is 13.8. The standard InChI is InChI=1S/C16H29N5O/c1-14-11-20-21(12-14)9-3-7-18-16(17-2)19-8-4-10-22-13-15-5-6-15/h11-12,15H,3-10,13H2,1-2H3,(H2,17,18,19). The van der Waals surface area contributed by atoms with E-state index < -0.39 is 0 Å². The van der Waals surface area contributed by atoms with E-state index in [0.29, 0.717) is 0 Å². The molecule has 124 valence electrons. The maximum Gasteiger partial charge on any atom is 0.190 e. The van der Waals surface area contributed by atoms with Gasteiger partial charge in [-0.25, -0.2) is 0 Å². The normalized spacial score (nSPS) is 15.1. The second-order valence-electron chi connectivity index (χ2n) is 5.93. The van der Waals surface area contributed by atoms with Crippen molar-refractivity contribution >= 4 is 5.96 Å². The van der Waals surface area contributed by atoms with E-state index in [1.165, 1.54) is 18.4 Å². The highest BCUT2D eigenvalue weighted by Gasteiger charge is 2.20. The van der Waals surface area contributed by atoms with Crippen LogP contribution in [0.15, 0.2) is 17.4 Å². The summed E-state index contributed by atoms with van der Waals surface area (Å²) >= 11 is 0. The number of rotatable bonds is 10. The van der Waals surface area contributed by atoms with E-state index in [1.807, 2.05) is 10.9 Å². The van der Waals surface area contributed by atoms with Gasteiger partial charge in [0.2, 0.25) is 0 Å². The summed E-state index contributed by atoms with van der Waals surface area (Å²) in [5.74, 6) is 1.71. The lowest BCUT2D eigenvalue weighted by Crippen LogP contribution is -2.38. The first-order valence-electron chi connectivity index (χ1n) is 8.29. The van der Waals surface area contributed by atoms with Crippen LogP contribution in [0.1, 0.15) is 31.2 Å². The van der Waals surface area contributed by atoms with Gasteiger partial charge in [0.05, 0.1) is 6.20 Å². The van der Waals surface area contributed by atoms with Gasteiger partial charge in [0.25, 0.3) is 0 Å². The second-order valence-corrected chi connectivity index (χ2v) is 5.93. The average Bonchev–Trinajstić information content (AvgIpc) is 3.25. The molecule has 2 N–H and O–H groups in total. The molecule has 0 amide bonds. The molecule has 1 aromatic rings. The molecule has 1 aromatic heterocycles. The summed E-state index contributed by atoms with van der Waals surface area (Å²) in [6, 6.07) is 0. The third-order valence-electron chi connectivity index (χ3n) is 3.65. The van der Waals surface area contributed by atoms with Crippen LogP contribution in [-0.2, 0) is 11.3 Å². The van der Waals surface area contributed by atoms with Crippen molar-refractivity contribution < 1.29 is 4.74 Å². The molecule has 6 nitrogen and oxygen atoms in total. The molecule has 1 heterocycles. The fraction of sp³-hybridized carbons (Fsp3) is 0.750. The van der Waals surface area contributed by atoms with Crippen molar-refractivity contribution in [3.05, 3.63) is 18.0 Å². The molecular weight excluding hydrogens is 278 g/mol. The predicted molar refractivity (Wildman–Crippen MR) is 89.1 cm³/mol. The van der Waals surface area contributed by atoms with Crippen LogP contribution in [0.5, 0.6) is 0 Å². The third-order valence-corrected chi connectivity index (χ3v) is 3.65. The summed E-state index contributed by atoms with van der Waals surface area (Å²) in [6.07, 6.45) is 8.69. The maximum absolute atomic E-state index is 5.61. The van der Waals surface area contributed by atoms with Crippen LogP contribution in [0.4, 0.5) is 0 Å². The van der Waals surface area contributed by atoms with Crippen LogP contribution < -0.4 is 10.6 Å². The Morgan fingerprint density at radius 3 is 2.77 bits per heavy atom. The van der Waals surface area contributed by atoms with Crippen LogP contribution in [0.25, 0.3) is 0 Å². The molecule has 0 radical (unpaired) electrons. The number of aliphatic imine (C=N–C) groups is 1. The largest absolute Gasteiger partial charge is 0.381 e. The van der Waals surface area contributed by atoms with E-state index in [9.17, 15) is 0 Å². The van der Waals surface area contributed by atoms with Crippen molar-refractivity contribution in [3.63, 3.8) is 0 Å². The van der Waals surface area contributed by atoms with Crippen molar-refractivity contribution in [1.29, 1.82) is 0 Å². The van der Waals surface area contributed by atoms with Crippen LogP contribution in [0, 0.1) is 12.8 Å². The quantitative estimate of drug-likeness (QED) is 0.391. The summed E-state index contributed by atoms with van der Waals surface area (Å²) in [4.78, 5) is 4.22. The van der Waals surface area contributed by atoms with Gasteiger partial charge >= 0.3 is 0 Å². The third kappa shape index (κ3) is 6.93. The van der Waals surface area contributed by atoms with Crippen LogP contribution in [-0.4, -0.2) is 49.1 Å². The van der Waals surface area contributed by atoms with E-state index in [0.717, 1.165) is 57.6 Å². The van der Waals surface area contributed by atoms with Gasteiger partial charge in [-0.15, -0.1) is 0 Å². The minimum atomic E-state index is 0.832. The summed E-state index contributed by atoms with van der Waals surface area (Å²) in [6.45, 7) is 6.53. The second kappa shape index (κ2) is 9.46. The maximum atomic E-state index is 5.61. The van der Waals surface area contributed by atoms with E-state index in [2.05, 4.69) is 33.8 Å². The fourth-order valence-electron chi connectivity index (χ4n) is 2.17. The first-order valence-corrected chi connectivity index (χ1v) is 8.29. The monoisotopic (exact) mass is 307 g/mol. The Balaban J connectivity index is 1.45. The Morgan fingerprint density at radius 2 is 2.14 bits per heavy atom. The Kier molecular flexibility index (Phi) is 7.22. The van der Waals surface area contributed by atoms with Gasteiger partial charge in [-0.2, -0.15) is 5.10 Å². The molecule has 1 aliphatic rings. The lowest BCUT2D eigenvalue weighted by atomic mass is 10.4. The number of hydrogen-bond acceptors (Lipinski definition) is 3. The van der Waals surface area contributed by atoms with Crippen molar-refractivity contribution in [3.8, 4) is 0 Å². The van der Waals surface area contributed by atoms with Crippen molar-refractivity contribution in [2.45, 2.75) is 39.2 Å². The number of nitrogens with one attached hydrogen (secondary N) is 2. The zero-order chi connectivity index (χ0) is 15.6. The first-order chi connectivity index (χ1) is 10.8. The molecule has 6 heteroatoms. The van der Waals surface area contributed by atoms with Crippen molar-refractivity contribution in [1.82, 2.24) is 20.4 Å². The Labute approximate surface area is 133 Å². The van der Waals surface area contributed by atoms with Gasteiger partial charge in [0.15, 0.2) is 5.96 Å². The van der Waals surface area contributed by atoms with Gasteiger partial charge in [0.1, 0.15) is 0 Å². The van der Waals surface area contributed by atoms with Crippen molar-refractivity contribution in [2.24, 2.45) is 10.9 Å². The summed E-state index contributed by atoms with van der Waals surface area (Å²) in [5, 5.41) is 10.9. The summed E-state index contributed by atoms with van der Waals surface area (Å²) in [7, 11) is 1.80. The number of aryl methyl sites for hydroxylation is 2. The minimum Gasteiger partial charge on any atom is -0.381 e. The molecule has 0 spiro atoms. The highest BCUT2D eigenvalue weighted by molar-refractivity contribution is 5.79. The van der Waals surface area contributed by atoms with E-state index >= 15 is 0 Å². The molecular formula is C16H29N5O. The average molecular weight is 307 g/mol. The van der Waals surface area contributed by atoms with E-state index in [-0.39, 0.29) is 0 Å². The zero-order valence-electron chi connectivity index (χ0n) is 13.8. The molecule has 0 aliphatic heterocycles. The Hall–Kier alpha value is -1.56. The predicted octanol–water partition coefficient (Wildman–Crippen LogP) is 1.56. The van der Waals surface area contributed by atoms with Crippen LogP contribution in [0.3, 0.4) is 0 Å². The molecule has 22 heavy (non-hydrogen) atoms. The van der Waals surface area contributed by atoms with Gasteiger partial charge in [0, 0.05) is 46.1 Å². The number of guanidine groups is 1. The van der Waals surface area contributed by atoms with Gasteiger partial charge < -0.3 is 15.4 Å². The van der Waals surface area contributed by atoms with Crippen LogP contribution >= 0.6 is 0 Å². The highest BCUT2D eigenvalue weighted by atomic mass is 16.5. The molecule has 0 atom stereocenters. The van der Waals surface area contributed by atoms with Gasteiger partial charge in [-0.1, -0.05) is 0 Å². The molecule has 1 aliphatic carbocycles. The molecule has 0 unspecified atom stereocenters. The van der Waals surface area contributed by atoms with E-state index in [4.69, 9.17) is 4.74 Å². The Bertz CT molecular complexity index is 453. The van der Waals surface area contributed by atoms with Gasteiger partial charge in [-0.3, -0.25) is 9.67 Å². The molecule has 0 aromatic carbocycles. The molecule has 0 saturated heterocycles.